The van der Waals surface area contributed by atoms with Gasteiger partial charge in [-0.15, -0.1) is 23.1 Å². The SMILES string of the molecule is CSc1c(C(=O)O)c(-c2cc[c]s2)nn1C. The highest BCUT2D eigenvalue weighted by molar-refractivity contribution is 7.98. The van der Waals surface area contributed by atoms with Gasteiger partial charge in [-0.25, -0.2) is 4.79 Å². The lowest BCUT2D eigenvalue weighted by molar-refractivity contribution is 0.0693. The van der Waals surface area contributed by atoms with Gasteiger partial charge in [0.2, 0.25) is 0 Å². The van der Waals surface area contributed by atoms with E-state index in [0.717, 1.165) is 4.88 Å². The Balaban J connectivity index is 2.66. The maximum atomic E-state index is 11.2. The fraction of sp³-hybridized carbons (Fsp3) is 0.200. The number of carboxylic acids is 1. The summed E-state index contributed by atoms with van der Waals surface area (Å²) in [7, 11) is 1.75. The summed E-state index contributed by atoms with van der Waals surface area (Å²) in [5, 5.41) is 17.1. The average Bonchev–Trinajstić information content (AvgIpc) is 2.83. The van der Waals surface area contributed by atoms with Gasteiger partial charge >= 0.3 is 5.97 Å². The van der Waals surface area contributed by atoms with Gasteiger partial charge in [-0.3, -0.25) is 4.68 Å². The van der Waals surface area contributed by atoms with E-state index in [0.29, 0.717) is 10.7 Å². The number of carbonyl (C=O) groups is 1. The molecule has 2 aromatic heterocycles. The summed E-state index contributed by atoms with van der Waals surface area (Å²) < 4.78 is 1.60. The summed E-state index contributed by atoms with van der Waals surface area (Å²) in [4.78, 5) is 12.1. The zero-order chi connectivity index (χ0) is 11.7. The molecule has 0 bridgehead atoms. The summed E-state index contributed by atoms with van der Waals surface area (Å²) in [5.41, 5.74) is 0.788. The lowest BCUT2D eigenvalue weighted by atomic mass is 10.2. The summed E-state index contributed by atoms with van der Waals surface area (Å²) in [6.45, 7) is 0. The fourth-order valence-corrected chi connectivity index (χ4v) is 2.81. The Morgan fingerprint density at radius 2 is 2.44 bits per heavy atom. The van der Waals surface area contributed by atoms with E-state index in [1.807, 2.05) is 12.3 Å². The van der Waals surface area contributed by atoms with Crippen LogP contribution in [0.25, 0.3) is 10.6 Å². The molecular formula is C10H9N2O2S2. The Kier molecular flexibility index (Phi) is 3.02. The van der Waals surface area contributed by atoms with Gasteiger partial charge < -0.3 is 5.11 Å². The van der Waals surface area contributed by atoms with E-state index in [4.69, 9.17) is 0 Å². The molecule has 2 heterocycles. The van der Waals surface area contributed by atoms with Crippen LogP contribution in [-0.2, 0) is 7.05 Å². The zero-order valence-corrected chi connectivity index (χ0v) is 10.4. The molecule has 0 atom stereocenters. The largest absolute Gasteiger partial charge is 0.478 e. The quantitative estimate of drug-likeness (QED) is 0.853. The maximum absolute atomic E-state index is 11.2. The number of carboxylic acid groups (broad SMARTS) is 1. The van der Waals surface area contributed by atoms with Crippen molar-refractivity contribution in [2.75, 3.05) is 6.26 Å². The van der Waals surface area contributed by atoms with Crippen molar-refractivity contribution >= 4 is 29.1 Å². The molecule has 2 aromatic rings. The third-order valence-electron chi connectivity index (χ3n) is 2.11. The van der Waals surface area contributed by atoms with Crippen molar-refractivity contribution in [2.45, 2.75) is 5.03 Å². The Bertz CT molecular complexity index is 517. The Morgan fingerprint density at radius 1 is 1.69 bits per heavy atom. The van der Waals surface area contributed by atoms with E-state index in [2.05, 4.69) is 10.5 Å². The van der Waals surface area contributed by atoms with Crippen LogP contribution < -0.4 is 0 Å². The molecular weight excluding hydrogens is 244 g/mol. The minimum Gasteiger partial charge on any atom is -0.478 e. The molecule has 0 saturated heterocycles. The lowest BCUT2D eigenvalue weighted by Gasteiger charge is -1.97. The average molecular weight is 253 g/mol. The molecule has 0 unspecified atom stereocenters. The first-order chi connectivity index (χ1) is 7.65. The van der Waals surface area contributed by atoms with E-state index in [9.17, 15) is 9.90 Å². The Morgan fingerprint density at radius 3 is 2.94 bits per heavy atom. The lowest BCUT2D eigenvalue weighted by Crippen LogP contribution is -1.99. The highest BCUT2D eigenvalue weighted by Gasteiger charge is 2.23. The van der Waals surface area contributed by atoms with Gasteiger partial charge in [-0.1, -0.05) is 0 Å². The first kappa shape index (κ1) is 11.2. The highest BCUT2D eigenvalue weighted by atomic mass is 32.2. The number of hydrogen-bond acceptors (Lipinski definition) is 4. The first-order valence-electron chi connectivity index (χ1n) is 4.45. The van der Waals surface area contributed by atoms with E-state index in [1.54, 1.807) is 17.8 Å². The van der Waals surface area contributed by atoms with E-state index >= 15 is 0 Å². The van der Waals surface area contributed by atoms with Crippen molar-refractivity contribution in [1.29, 1.82) is 0 Å². The van der Waals surface area contributed by atoms with Crippen LogP contribution in [0.5, 0.6) is 0 Å². The molecule has 0 aliphatic carbocycles. The summed E-state index contributed by atoms with van der Waals surface area (Å²) in [6, 6.07) is 3.59. The standard InChI is InChI=1S/C10H9N2O2S2/c1-12-9(15-2)7(10(13)14)8(11-12)6-4-3-5-16-6/h3-4H,1-2H3,(H,13,14). The Labute approximate surface area is 101 Å². The molecule has 6 heteroatoms. The van der Waals surface area contributed by atoms with Crippen molar-refractivity contribution in [2.24, 2.45) is 7.05 Å². The topological polar surface area (TPSA) is 55.1 Å². The summed E-state index contributed by atoms with van der Waals surface area (Å²) in [5.74, 6) is -0.944. The van der Waals surface area contributed by atoms with Crippen molar-refractivity contribution in [3.8, 4) is 10.6 Å². The van der Waals surface area contributed by atoms with Crippen LogP contribution in [0.3, 0.4) is 0 Å². The molecule has 2 rings (SSSR count). The third-order valence-corrected chi connectivity index (χ3v) is 3.77. The van der Waals surface area contributed by atoms with Gasteiger partial charge in [0.25, 0.3) is 0 Å². The fourth-order valence-electron chi connectivity index (χ4n) is 1.48. The normalized spacial score (nSPS) is 10.6. The third kappa shape index (κ3) is 1.74. The number of aromatic carboxylic acids is 1. The van der Waals surface area contributed by atoms with E-state index in [-0.39, 0.29) is 5.56 Å². The number of thioether (sulfide) groups is 1. The molecule has 0 aliphatic heterocycles. The number of rotatable bonds is 3. The monoisotopic (exact) mass is 253 g/mol. The molecule has 0 saturated carbocycles. The first-order valence-corrected chi connectivity index (χ1v) is 6.49. The molecule has 1 N–H and O–H groups in total. The zero-order valence-electron chi connectivity index (χ0n) is 8.72. The van der Waals surface area contributed by atoms with Crippen LogP contribution >= 0.6 is 23.1 Å². The minimum absolute atomic E-state index is 0.269. The molecule has 0 aromatic carbocycles. The van der Waals surface area contributed by atoms with Crippen LogP contribution in [-0.4, -0.2) is 27.1 Å². The predicted octanol–water partition coefficient (Wildman–Crippen LogP) is 2.37. The van der Waals surface area contributed by atoms with Crippen molar-refractivity contribution in [3.63, 3.8) is 0 Å². The van der Waals surface area contributed by atoms with Gasteiger partial charge in [0.1, 0.15) is 16.3 Å². The number of hydrogen-bond donors (Lipinski definition) is 1. The molecule has 0 amide bonds. The number of thiophene rings is 1. The van der Waals surface area contributed by atoms with Gasteiger partial charge in [-0.05, 0) is 18.4 Å². The van der Waals surface area contributed by atoms with Gasteiger partial charge in [0, 0.05) is 12.4 Å². The van der Waals surface area contributed by atoms with E-state index < -0.39 is 5.97 Å². The van der Waals surface area contributed by atoms with Crippen LogP contribution in [0.4, 0.5) is 0 Å². The molecule has 16 heavy (non-hydrogen) atoms. The second kappa shape index (κ2) is 4.31. The van der Waals surface area contributed by atoms with E-state index in [1.165, 1.54) is 23.1 Å². The minimum atomic E-state index is -0.944. The molecule has 0 fully saturated rings. The van der Waals surface area contributed by atoms with Crippen LogP contribution in [0, 0.1) is 5.38 Å². The number of aromatic nitrogens is 2. The van der Waals surface area contributed by atoms with Crippen LogP contribution in [0.15, 0.2) is 17.2 Å². The highest BCUT2D eigenvalue weighted by Crippen LogP contribution is 2.32. The van der Waals surface area contributed by atoms with Crippen LogP contribution in [0.1, 0.15) is 10.4 Å². The molecule has 4 nitrogen and oxygen atoms in total. The van der Waals surface area contributed by atoms with Gasteiger partial charge in [0.15, 0.2) is 0 Å². The summed E-state index contributed by atoms with van der Waals surface area (Å²) in [6.07, 6.45) is 1.84. The smallest absolute Gasteiger partial charge is 0.340 e. The van der Waals surface area contributed by atoms with Gasteiger partial charge in [0.05, 0.1) is 4.88 Å². The number of nitrogens with zero attached hydrogens (tertiary/aromatic N) is 2. The molecule has 0 spiro atoms. The van der Waals surface area contributed by atoms with Crippen molar-refractivity contribution in [1.82, 2.24) is 9.78 Å². The van der Waals surface area contributed by atoms with Gasteiger partial charge in [-0.2, -0.15) is 5.10 Å². The Hall–Kier alpha value is -1.27. The van der Waals surface area contributed by atoms with Crippen molar-refractivity contribution < 1.29 is 9.90 Å². The second-order valence-corrected chi connectivity index (χ2v) is 4.75. The molecule has 0 aliphatic rings. The molecule has 1 radical (unpaired) electrons. The maximum Gasteiger partial charge on any atom is 0.340 e. The number of aryl methyl sites for hydroxylation is 1. The summed E-state index contributed by atoms with van der Waals surface area (Å²) >= 11 is 2.75. The predicted molar refractivity (Wildman–Crippen MR) is 64.1 cm³/mol. The second-order valence-electron chi connectivity index (χ2n) is 3.08. The van der Waals surface area contributed by atoms with Crippen LogP contribution in [0.2, 0.25) is 0 Å². The molecule has 83 valence electrons. The van der Waals surface area contributed by atoms with Crippen molar-refractivity contribution in [3.05, 3.63) is 23.1 Å².